The Kier molecular flexibility index (Phi) is 9.54. The zero-order valence-corrected chi connectivity index (χ0v) is 25.2. The first-order valence-electron chi connectivity index (χ1n) is 14.8. The minimum Gasteiger partial charge on any atom is -0.444 e. The van der Waals surface area contributed by atoms with Gasteiger partial charge in [0.25, 0.3) is 0 Å². The molecule has 12 heteroatoms. The molecular weight excluding hydrogens is 568 g/mol. The molecule has 1 aliphatic carbocycles. The topological polar surface area (TPSA) is 116 Å². The molecule has 0 aromatic heterocycles. The predicted molar refractivity (Wildman–Crippen MR) is 150 cm³/mol. The molecule has 5 rings (SSSR count). The first-order chi connectivity index (χ1) is 18.6. The average Bonchev–Trinajstić information content (AvgIpc) is 3.56. The van der Waals surface area contributed by atoms with E-state index in [0.717, 1.165) is 77.5 Å². The number of nitrogens with one attached hydrogen (secondary N) is 4. The molecule has 1 spiro atoms. The van der Waals surface area contributed by atoms with Gasteiger partial charge >= 0.3 is 6.09 Å². The summed E-state index contributed by atoms with van der Waals surface area (Å²) in [4.78, 5) is 28.7. The molecule has 4 heterocycles. The van der Waals surface area contributed by atoms with Gasteiger partial charge in [0, 0.05) is 57.1 Å². The van der Waals surface area contributed by atoms with Crippen molar-refractivity contribution in [3.8, 4) is 0 Å². The van der Waals surface area contributed by atoms with Crippen molar-refractivity contribution in [2.75, 3.05) is 39.4 Å². The van der Waals surface area contributed by atoms with Crippen LogP contribution in [0.15, 0.2) is 0 Å². The first kappa shape index (κ1) is 29.6. The Morgan fingerprint density at radius 3 is 2.28 bits per heavy atom. The second kappa shape index (κ2) is 12.6. The van der Waals surface area contributed by atoms with E-state index in [-0.39, 0.29) is 41.2 Å². The highest BCUT2D eigenvalue weighted by molar-refractivity contribution is 9.09. The van der Waals surface area contributed by atoms with E-state index < -0.39 is 5.60 Å². The molecule has 4 saturated heterocycles. The Morgan fingerprint density at radius 2 is 1.64 bits per heavy atom. The number of alkyl halides is 1. The number of piperazine rings is 1. The molecule has 5 fully saturated rings. The van der Waals surface area contributed by atoms with Gasteiger partial charge in [0.2, 0.25) is 0 Å². The fraction of sp³-hybridized carbons (Fsp3) is 0.926. The summed E-state index contributed by atoms with van der Waals surface area (Å²) < 4.78 is 17.3. The van der Waals surface area contributed by atoms with Crippen LogP contribution in [0.1, 0.15) is 65.7 Å². The van der Waals surface area contributed by atoms with Gasteiger partial charge in [0.05, 0.1) is 36.5 Å². The number of ether oxygens (including phenoxy) is 3. The Morgan fingerprint density at radius 1 is 0.974 bits per heavy atom. The molecule has 11 nitrogen and oxygen atoms in total. The minimum absolute atomic E-state index is 0.0979. The van der Waals surface area contributed by atoms with E-state index in [1.807, 2.05) is 20.8 Å². The Hall–Kier alpha value is -0.860. The number of rotatable bonds is 6. The third-order valence-electron chi connectivity index (χ3n) is 8.77. The molecule has 4 aliphatic heterocycles. The summed E-state index contributed by atoms with van der Waals surface area (Å²) in [6.07, 6.45) is 7.71. The van der Waals surface area contributed by atoms with Crippen LogP contribution in [0.25, 0.3) is 0 Å². The van der Waals surface area contributed by atoms with E-state index in [0.29, 0.717) is 25.2 Å². The molecule has 0 aromatic carbocycles. The van der Waals surface area contributed by atoms with E-state index in [1.54, 1.807) is 4.90 Å². The van der Waals surface area contributed by atoms with Crippen LogP contribution in [0.3, 0.4) is 0 Å². The highest BCUT2D eigenvalue weighted by Crippen LogP contribution is 2.34. The fourth-order valence-electron chi connectivity index (χ4n) is 6.68. The summed E-state index contributed by atoms with van der Waals surface area (Å²) in [6, 6.07) is 0.779. The Labute approximate surface area is 240 Å². The van der Waals surface area contributed by atoms with Crippen LogP contribution in [0, 0.1) is 0 Å². The third-order valence-corrected chi connectivity index (χ3v) is 9.56. The number of amides is 1. The molecule has 5 aliphatic rings. The largest absolute Gasteiger partial charge is 0.444 e. The molecule has 0 bridgehead atoms. The molecule has 4 N–H and O–H groups in total. The normalized spacial score (nSPS) is 37.7. The van der Waals surface area contributed by atoms with Gasteiger partial charge < -0.3 is 23.9 Å². The maximum Gasteiger partial charge on any atom is 0.410 e. The van der Waals surface area contributed by atoms with Crippen LogP contribution < -0.4 is 21.3 Å². The maximum absolute atomic E-state index is 12.5. The van der Waals surface area contributed by atoms with Crippen LogP contribution >= 0.6 is 15.9 Å². The van der Waals surface area contributed by atoms with Gasteiger partial charge in [-0.25, -0.2) is 4.79 Å². The molecule has 1 saturated carbocycles. The molecule has 39 heavy (non-hydrogen) atoms. The van der Waals surface area contributed by atoms with E-state index in [1.165, 1.54) is 0 Å². The van der Waals surface area contributed by atoms with Gasteiger partial charge in [-0.15, -0.1) is 0 Å². The average molecular weight is 616 g/mol. The summed E-state index contributed by atoms with van der Waals surface area (Å²) in [7, 11) is 0. The van der Waals surface area contributed by atoms with Crippen LogP contribution in [0.5, 0.6) is 0 Å². The number of carbonyl (C=O) groups is 2. The smallest absolute Gasteiger partial charge is 0.410 e. The van der Waals surface area contributed by atoms with Gasteiger partial charge in [0.15, 0.2) is 5.79 Å². The van der Waals surface area contributed by atoms with Crippen molar-refractivity contribution in [3.63, 3.8) is 0 Å². The molecular formula is C27H47BrN6O5. The van der Waals surface area contributed by atoms with Crippen LogP contribution in [-0.2, 0) is 19.0 Å². The number of hydrogen-bond acceptors (Lipinski definition) is 10. The molecule has 0 radical (unpaired) electrons. The van der Waals surface area contributed by atoms with Gasteiger partial charge in [-0.05, 0) is 52.9 Å². The number of carbonyl (C=O) groups excluding carboxylic acids is 2. The summed E-state index contributed by atoms with van der Waals surface area (Å²) in [5.41, 5.74) is -0.504. The second-order valence-electron chi connectivity index (χ2n) is 12.7. The lowest BCUT2D eigenvalue weighted by molar-refractivity contribution is -0.188. The summed E-state index contributed by atoms with van der Waals surface area (Å²) in [5, 5.41) is 14.4. The van der Waals surface area contributed by atoms with Crippen LogP contribution in [0.4, 0.5) is 4.79 Å². The number of piperidine rings is 1. The Balaban J connectivity index is 1.08. The monoisotopic (exact) mass is 614 g/mol. The van der Waals surface area contributed by atoms with E-state index in [9.17, 15) is 9.59 Å². The van der Waals surface area contributed by atoms with Crippen molar-refractivity contribution in [1.29, 1.82) is 0 Å². The van der Waals surface area contributed by atoms with E-state index in [2.05, 4.69) is 42.1 Å². The number of hydrogen-bond donors (Lipinski definition) is 4. The zero-order valence-electron chi connectivity index (χ0n) is 23.6. The summed E-state index contributed by atoms with van der Waals surface area (Å²) in [6.45, 7) is 10.4. The number of halogens is 1. The molecule has 5 atom stereocenters. The SMILES string of the molecule is CC(C)(C)OC(=O)N1CC[C@@H](NC2NC(NC3CCC(N4CCC5(CC4)OCCO5)CC3)C(C=O)NC2Br)C1. The summed E-state index contributed by atoms with van der Waals surface area (Å²) in [5.74, 6) is -0.316. The second-order valence-corrected chi connectivity index (χ2v) is 13.7. The summed E-state index contributed by atoms with van der Waals surface area (Å²) >= 11 is 3.70. The van der Waals surface area contributed by atoms with E-state index in [4.69, 9.17) is 14.2 Å². The van der Waals surface area contributed by atoms with Crippen molar-refractivity contribution in [3.05, 3.63) is 0 Å². The standard InChI is InChI=1S/C27H47BrN6O5/c1-26(2,3)39-25(36)34-11-8-19(16-34)30-24-22(28)31-21(17-35)23(32-24)29-18-4-6-20(7-5-18)33-12-9-27(10-13-33)37-14-15-38-27/h17-24,29-32H,4-16H2,1-3H3/t18?,19-,20?,21?,22?,23?,24?/m1/s1. The lowest BCUT2D eigenvalue weighted by atomic mass is 9.88. The van der Waals surface area contributed by atoms with Crippen LogP contribution in [0.2, 0.25) is 0 Å². The van der Waals surface area contributed by atoms with Gasteiger partial charge in [-0.1, -0.05) is 15.9 Å². The number of likely N-dealkylation sites (tertiary alicyclic amines) is 2. The molecule has 222 valence electrons. The fourth-order valence-corrected chi connectivity index (χ4v) is 7.29. The number of nitrogens with zero attached hydrogens (tertiary/aromatic N) is 2. The Bertz CT molecular complexity index is 837. The van der Waals surface area contributed by atoms with Crippen molar-refractivity contribution < 1.29 is 23.8 Å². The van der Waals surface area contributed by atoms with Crippen molar-refractivity contribution in [1.82, 2.24) is 31.1 Å². The van der Waals surface area contributed by atoms with Crippen molar-refractivity contribution >= 4 is 28.3 Å². The van der Waals surface area contributed by atoms with Crippen molar-refractivity contribution in [2.24, 2.45) is 0 Å². The third kappa shape index (κ3) is 7.51. The lowest BCUT2D eigenvalue weighted by Gasteiger charge is -2.45. The highest BCUT2D eigenvalue weighted by Gasteiger charge is 2.42. The van der Waals surface area contributed by atoms with Gasteiger partial charge in [-0.2, -0.15) is 0 Å². The van der Waals surface area contributed by atoms with Gasteiger partial charge in [-0.3, -0.25) is 26.2 Å². The minimum atomic E-state index is -0.504. The van der Waals surface area contributed by atoms with Crippen LogP contribution in [-0.4, -0.2) is 114 Å². The molecule has 1 amide bonds. The highest BCUT2D eigenvalue weighted by atomic mass is 79.9. The molecule has 0 aromatic rings. The van der Waals surface area contributed by atoms with Gasteiger partial charge in [0.1, 0.15) is 11.9 Å². The van der Waals surface area contributed by atoms with E-state index >= 15 is 0 Å². The molecule has 4 unspecified atom stereocenters. The zero-order chi connectivity index (χ0) is 27.6. The maximum atomic E-state index is 12.5. The first-order valence-corrected chi connectivity index (χ1v) is 15.7. The predicted octanol–water partition coefficient (Wildman–Crippen LogP) is 1.46. The number of aldehydes is 1. The van der Waals surface area contributed by atoms with Crippen molar-refractivity contribution in [2.45, 2.75) is 119 Å². The lowest BCUT2D eigenvalue weighted by Crippen LogP contribution is -2.74. The quantitative estimate of drug-likeness (QED) is 0.199.